The molecule has 0 aliphatic carbocycles. The molecule has 0 fully saturated rings. The average molecular weight is 196 g/mol. The Labute approximate surface area is 84.4 Å². The molecule has 0 atom stereocenters. The van der Waals surface area contributed by atoms with E-state index in [1.807, 2.05) is 25.2 Å². The Kier molecular flexibility index (Phi) is 4.00. The Morgan fingerprint density at radius 2 is 2.23 bits per heavy atom. The molecule has 0 unspecified atom stereocenters. The Morgan fingerprint density at radius 1 is 1.46 bits per heavy atom. The van der Waals surface area contributed by atoms with Crippen molar-refractivity contribution in [2.24, 2.45) is 0 Å². The molecule has 0 spiro atoms. The number of hydrogen-bond donors (Lipinski definition) is 1. The summed E-state index contributed by atoms with van der Waals surface area (Å²) >= 11 is 5.88. The number of rotatable bonds is 3. The van der Waals surface area contributed by atoms with E-state index in [4.69, 9.17) is 11.6 Å². The smallest absolute Gasteiger partial charge is 0.0412 e. The lowest BCUT2D eigenvalue weighted by Crippen LogP contribution is -2.03. The van der Waals surface area contributed by atoms with Gasteiger partial charge < -0.3 is 5.32 Å². The number of benzene rings is 1. The van der Waals surface area contributed by atoms with Crippen LogP contribution in [0.3, 0.4) is 0 Å². The molecule has 1 aromatic rings. The van der Waals surface area contributed by atoms with Crippen molar-refractivity contribution >= 4 is 17.7 Å². The van der Waals surface area contributed by atoms with Crippen LogP contribution in [0.4, 0.5) is 0 Å². The molecule has 0 aliphatic heterocycles. The van der Waals surface area contributed by atoms with Gasteiger partial charge in [0.15, 0.2) is 0 Å². The van der Waals surface area contributed by atoms with Gasteiger partial charge in [-0.05, 0) is 37.2 Å². The van der Waals surface area contributed by atoms with E-state index >= 15 is 0 Å². The maximum absolute atomic E-state index is 5.88. The monoisotopic (exact) mass is 195 g/mol. The van der Waals surface area contributed by atoms with Gasteiger partial charge in [-0.3, -0.25) is 0 Å². The van der Waals surface area contributed by atoms with Gasteiger partial charge in [0.05, 0.1) is 0 Å². The van der Waals surface area contributed by atoms with Gasteiger partial charge in [0, 0.05) is 11.6 Å². The van der Waals surface area contributed by atoms with Crippen LogP contribution < -0.4 is 5.32 Å². The van der Waals surface area contributed by atoms with Crippen molar-refractivity contribution < 1.29 is 0 Å². The van der Waals surface area contributed by atoms with Crippen LogP contribution in [0.5, 0.6) is 0 Å². The van der Waals surface area contributed by atoms with Gasteiger partial charge in [0.25, 0.3) is 0 Å². The van der Waals surface area contributed by atoms with Crippen LogP contribution in [-0.2, 0) is 0 Å². The molecule has 2 heteroatoms. The Balaban J connectivity index is 2.81. The number of likely N-dealkylation sites (N-methyl/N-ethyl adjacent to an activating group) is 1. The summed E-state index contributed by atoms with van der Waals surface area (Å²) in [5.74, 6) is 0. The topological polar surface area (TPSA) is 12.0 Å². The molecule has 0 saturated heterocycles. The van der Waals surface area contributed by atoms with E-state index in [0.717, 1.165) is 11.6 Å². The zero-order valence-electron chi connectivity index (χ0n) is 7.97. The Bertz CT molecular complexity index is 305. The Morgan fingerprint density at radius 3 is 2.92 bits per heavy atom. The van der Waals surface area contributed by atoms with Crippen molar-refractivity contribution in [2.45, 2.75) is 6.92 Å². The molecular formula is C11H14ClN. The highest BCUT2D eigenvalue weighted by Crippen LogP contribution is 2.16. The third kappa shape index (κ3) is 3.21. The predicted octanol–water partition coefficient (Wildman–Crippen LogP) is 2.88. The van der Waals surface area contributed by atoms with Crippen molar-refractivity contribution in [1.82, 2.24) is 5.32 Å². The minimum Gasteiger partial charge on any atom is -0.316 e. The molecule has 1 aromatic carbocycles. The molecule has 0 bridgehead atoms. The summed E-state index contributed by atoms with van der Waals surface area (Å²) in [6.07, 6.45) is 4.16. The first-order chi connectivity index (χ1) is 6.24. The fourth-order valence-electron chi connectivity index (χ4n) is 1.09. The van der Waals surface area contributed by atoms with Crippen LogP contribution in [0.2, 0.25) is 5.02 Å². The summed E-state index contributed by atoms with van der Waals surface area (Å²) in [4.78, 5) is 0. The standard InChI is InChI=1S/C11H14ClN/c1-9-5-6-11(12)8-10(9)4-3-7-13-2/h3-6,8,13H,7H2,1-2H3. The van der Waals surface area contributed by atoms with Crippen LogP contribution in [-0.4, -0.2) is 13.6 Å². The van der Waals surface area contributed by atoms with Crippen molar-refractivity contribution in [1.29, 1.82) is 0 Å². The predicted molar refractivity (Wildman–Crippen MR) is 59.1 cm³/mol. The molecule has 0 radical (unpaired) electrons. The van der Waals surface area contributed by atoms with Gasteiger partial charge in [-0.2, -0.15) is 0 Å². The maximum atomic E-state index is 5.88. The van der Waals surface area contributed by atoms with Gasteiger partial charge in [-0.15, -0.1) is 0 Å². The first kappa shape index (κ1) is 10.3. The highest BCUT2D eigenvalue weighted by Gasteiger charge is 1.94. The van der Waals surface area contributed by atoms with Gasteiger partial charge in [0.1, 0.15) is 0 Å². The molecule has 1 rings (SSSR count). The molecular weight excluding hydrogens is 182 g/mol. The van der Waals surface area contributed by atoms with Crippen LogP contribution in [0.15, 0.2) is 24.3 Å². The van der Waals surface area contributed by atoms with Crippen LogP contribution in [0.1, 0.15) is 11.1 Å². The van der Waals surface area contributed by atoms with Gasteiger partial charge in [-0.1, -0.05) is 29.8 Å². The lowest BCUT2D eigenvalue weighted by Gasteiger charge is -2.00. The zero-order valence-corrected chi connectivity index (χ0v) is 8.73. The first-order valence-electron chi connectivity index (χ1n) is 4.31. The second-order valence-electron chi connectivity index (χ2n) is 2.96. The average Bonchev–Trinajstić information content (AvgIpc) is 2.11. The summed E-state index contributed by atoms with van der Waals surface area (Å²) in [5, 5.41) is 3.84. The minimum absolute atomic E-state index is 0.787. The third-order valence-corrected chi connectivity index (χ3v) is 2.10. The molecule has 0 aromatic heterocycles. The number of aryl methyl sites for hydroxylation is 1. The normalized spacial score (nSPS) is 11.0. The van der Waals surface area contributed by atoms with E-state index in [1.54, 1.807) is 0 Å². The highest BCUT2D eigenvalue weighted by molar-refractivity contribution is 6.30. The molecule has 1 nitrogen and oxygen atoms in total. The lowest BCUT2D eigenvalue weighted by molar-refractivity contribution is 0.922. The largest absolute Gasteiger partial charge is 0.316 e. The highest BCUT2D eigenvalue weighted by atomic mass is 35.5. The maximum Gasteiger partial charge on any atom is 0.0412 e. The van der Waals surface area contributed by atoms with Gasteiger partial charge in [-0.25, -0.2) is 0 Å². The van der Waals surface area contributed by atoms with E-state index in [2.05, 4.69) is 24.4 Å². The van der Waals surface area contributed by atoms with Crippen molar-refractivity contribution in [2.75, 3.05) is 13.6 Å². The molecule has 0 heterocycles. The van der Waals surface area contributed by atoms with Crippen LogP contribution in [0, 0.1) is 6.92 Å². The number of halogens is 1. The molecule has 70 valence electrons. The first-order valence-corrected chi connectivity index (χ1v) is 4.69. The summed E-state index contributed by atoms with van der Waals surface area (Å²) in [7, 11) is 1.93. The van der Waals surface area contributed by atoms with Crippen LogP contribution >= 0.6 is 11.6 Å². The van der Waals surface area contributed by atoms with Gasteiger partial charge in [0.2, 0.25) is 0 Å². The molecule has 0 aliphatic rings. The molecule has 1 N–H and O–H groups in total. The fourth-order valence-corrected chi connectivity index (χ4v) is 1.28. The lowest BCUT2D eigenvalue weighted by atomic mass is 10.1. The second-order valence-corrected chi connectivity index (χ2v) is 3.40. The third-order valence-electron chi connectivity index (χ3n) is 1.86. The molecule has 13 heavy (non-hydrogen) atoms. The Hall–Kier alpha value is -0.790. The van der Waals surface area contributed by atoms with E-state index in [0.29, 0.717) is 0 Å². The summed E-state index contributed by atoms with van der Waals surface area (Å²) in [6, 6.07) is 5.91. The second kappa shape index (κ2) is 5.05. The molecule has 0 amide bonds. The van der Waals surface area contributed by atoms with Crippen molar-refractivity contribution in [3.8, 4) is 0 Å². The van der Waals surface area contributed by atoms with E-state index < -0.39 is 0 Å². The minimum atomic E-state index is 0.787. The van der Waals surface area contributed by atoms with Crippen molar-refractivity contribution in [3.63, 3.8) is 0 Å². The summed E-state index contributed by atoms with van der Waals surface area (Å²) < 4.78 is 0. The summed E-state index contributed by atoms with van der Waals surface area (Å²) in [6.45, 7) is 2.96. The molecule has 0 saturated carbocycles. The van der Waals surface area contributed by atoms with E-state index in [9.17, 15) is 0 Å². The SMILES string of the molecule is CNCC=Cc1cc(Cl)ccc1C. The number of hydrogen-bond acceptors (Lipinski definition) is 1. The fraction of sp³-hybridized carbons (Fsp3) is 0.273. The van der Waals surface area contributed by atoms with Crippen molar-refractivity contribution in [3.05, 3.63) is 40.4 Å². The number of nitrogens with one attached hydrogen (secondary N) is 1. The van der Waals surface area contributed by atoms with E-state index in [1.165, 1.54) is 11.1 Å². The summed E-state index contributed by atoms with van der Waals surface area (Å²) in [5.41, 5.74) is 2.43. The van der Waals surface area contributed by atoms with Gasteiger partial charge >= 0.3 is 0 Å². The quantitative estimate of drug-likeness (QED) is 0.782. The zero-order chi connectivity index (χ0) is 9.68. The van der Waals surface area contributed by atoms with Crippen LogP contribution in [0.25, 0.3) is 6.08 Å². The van der Waals surface area contributed by atoms with E-state index in [-0.39, 0.29) is 0 Å².